The summed E-state index contributed by atoms with van der Waals surface area (Å²) in [4.78, 5) is 2.35. The molecule has 1 aliphatic heterocycles. The number of rotatable bonds is 5. The van der Waals surface area contributed by atoms with E-state index in [1.54, 1.807) is 0 Å². The Balaban J connectivity index is 1.53. The molecule has 0 bridgehead atoms. The Hall–Kier alpha value is -0.940. The summed E-state index contributed by atoms with van der Waals surface area (Å²) in [6, 6.07) is 0. The Bertz CT molecular complexity index is 414. The van der Waals surface area contributed by atoms with Gasteiger partial charge in [0.2, 0.25) is 11.8 Å². The van der Waals surface area contributed by atoms with Gasteiger partial charge in [-0.1, -0.05) is 6.92 Å². The van der Waals surface area contributed by atoms with E-state index < -0.39 is 0 Å². The van der Waals surface area contributed by atoms with Crippen molar-refractivity contribution in [1.82, 2.24) is 15.1 Å². The molecule has 2 aliphatic rings. The highest BCUT2D eigenvalue weighted by atomic mass is 16.4. The highest BCUT2D eigenvalue weighted by Gasteiger charge is 2.33. The Labute approximate surface area is 114 Å². The molecule has 1 saturated carbocycles. The van der Waals surface area contributed by atoms with E-state index in [0.717, 1.165) is 50.7 Å². The smallest absolute Gasteiger partial charge is 0.230 e. The molecule has 0 radical (unpaired) electrons. The van der Waals surface area contributed by atoms with Gasteiger partial charge >= 0.3 is 0 Å². The fourth-order valence-electron chi connectivity index (χ4n) is 2.83. The number of hydrogen-bond acceptors (Lipinski definition) is 5. The van der Waals surface area contributed by atoms with Gasteiger partial charge < -0.3 is 9.52 Å². The van der Waals surface area contributed by atoms with Crippen LogP contribution in [0.4, 0.5) is 0 Å². The molecule has 0 amide bonds. The van der Waals surface area contributed by atoms with Crippen LogP contribution >= 0.6 is 0 Å². The van der Waals surface area contributed by atoms with Crippen molar-refractivity contribution in [1.29, 1.82) is 0 Å². The van der Waals surface area contributed by atoms with Gasteiger partial charge in [-0.15, -0.1) is 10.2 Å². The highest BCUT2D eigenvalue weighted by molar-refractivity contribution is 5.00. The summed E-state index contributed by atoms with van der Waals surface area (Å²) < 4.78 is 5.70. The molecule has 106 valence electrons. The van der Waals surface area contributed by atoms with Crippen molar-refractivity contribution >= 4 is 0 Å². The minimum Gasteiger partial charge on any atom is -0.424 e. The van der Waals surface area contributed by atoms with Crippen LogP contribution < -0.4 is 0 Å². The van der Waals surface area contributed by atoms with E-state index in [1.807, 2.05) is 0 Å². The molecule has 1 aromatic rings. The number of aromatic nitrogens is 2. The van der Waals surface area contributed by atoms with Gasteiger partial charge in [0.15, 0.2) is 0 Å². The van der Waals surface area contributed by atoms with Gasteiger partial charge in [-0.05, 0) is 50.6 Å². The third-order valence-corrected chi connectivity index (χ3v) is 4.77. The summed E-state index contributed by atoms with van der Waals surface area (Å²) in [5.74, 6) is 2.10. The molecule has 1 aliphatic carbocycles. The van der Waals surface area contributed by atoms with Gasteiger partial charge in [0.25, 0.3) is 0 Å². The maximum atomic E-state index is 9.53. The molecule has 5 nitrogen and oxygen atoms in total. The average molecular weight is 265 g/mol. The molecule has 0 unspecified atom stereocenters. The Kier molecular flexibility index (Phi) is 3.58. The predicted molar refractivity (Wildman–Crippen MR) is 70.6 cm³/mol. The van der Waals surface area contributed by atoms with Crippen LogP contribution in [0.15, 0.2) is 4.42 Å². The first-order valence-electron chi connectivity index (χ1n) is 7.40. The Morgan fingerprint density at radius 2 is 2.05 bits per heavy atom. The third-order valence-electron chi connectivity index (χ3n) is 4.77. The summed E-state index contributed by atoms with van der Waals surface area (Å²) in [7, 11) is 0. The number of likely N-dealkylation sites (tertiary alicyclic amines) is 1. The van der Waals surface area contributed by atoms with Gasteiger partial charge in [0.05, 0.1) is 6.54 Å². The van der Waals surface area contributed by atoms with Gasteiger partial charge in [-0.2, -0.15) is 0 Å². The van der Waals surface area contributed by atoms with Crippen molar-refractivity contribution in [3.05, 3.63) is 11.8 Å². The van der Waals surface area contributed by atoms with Crippen molar-refractivity contribution in [2.45, 2.75) is 51.5 Å². The molecule has 19 heavy (non-hydrogen) atoms. The number of piperidine rings is 1. The third kappa shape index (κ3) is 2.82. The molecule has 0 spiro atoms. The van der Waals surface area contributed by atoms with Crippen LogP contribution in [0.2, 0.25) is 0 Å². The zero-order chi connectivity index (χ0) is 13.3. The molecule has 5 heteroatoms. The summed E-state index contributed by atoms with van der Waals surface area (Å²) >= 11 is 0. The van der Waals surface area contributed by atoms with Crippen molar-refractivity contribution in [2.24, 2.45) is 5.41 Å². The van der Waals surface area contributed by atoms with Crippen LogP contribution in [0, 0.1) is 5.41 Å². The minimum absolute atomic E-state index is 0.143. The van der Waals surface area contributed by atoms with Gasteiger partial charge in [-0.25, -0.2) is 0 Å². The molecule has 3 rings (SSSR count). The second kappa shape index (κ2) is 5.21. The minimum atomic E-state index is 0.143. The lowest BCUT2D eigenvalue weighted by Gasteiger charge is -2.39. The monoisotopic (exact) mass is 265 g/mol. The number of nitrogens with zero attached hydrogens (tertiary/aromatic N) is 3. The first-order valence-corrected chi connectivity index (χ1v) is 7.40. The quantitative estimate of drug-likeness (QED) is 0.881. The van der Waals surface area contributed by atoms with E-state index in [1.165, 1.54) is 12.8 Å². The van der Waals surface area contributed by atoms with Crippen LogP contribution in [-0.4, -0.2) is 39.9 Å². The molecule has 1 aromatic heterocycles. The molecular weight excluding hydrogens is 242 g/mol. The molecule has 0 atom stereocenters. The second-order valence-electron chi connectivity index (χ2n) is 6.10. The van der Waals surface area contributed by atoms with Crippen molar-refractivity contribution in [3.63, 3.8) is 0 Å². The maximum absolute atomic E-state index is 9.53. The van der Waals surface area contributed by atoms with Gasteiger partial charge in [-0.3, -0.25) is 4.90 Å². The fourth-order valence-corrected chi connectivity index (χ4v) is 2.83. The normalized spacial score (nSPS) is 23.7. The molecule has 2 heterocycles. The van der Waals surface area contributed by atoms with Crippen LogP contribution in [0.25, 0.3) is 0 Å². The zero-order valence-corrected chi connectivity index (χ0v) is 11.6. The zero-order valence-electron chi connectivity index (χ0n) is 11.6. The average Bonchev–Trinajstić information content (AvgIpc) is 3.21. The lowest BCUT2D eigenvalue weighted by atomic mass is 9.77. The number of aliphatic hydroxyl groups is 1. The van der Waals surface area contributed by atoms with E-state index in [9.17, 15) is 5.11 Å². The van der Waals surface area contributed by atoms with E-state index in [-0.39, 0.29) is 5.41 Å². The van der Waals surface area contributed by atoms with Crippen LogP contribution in [0.1, 0.15) is 56.7 Å². The number of hydrogen-bond donors (Lipinski definition) is 1. The van der Waals surface area contributed by atoms with Crippen LogP contribution in [0.5, 0.6) is 0 Å². The molecule has 1 N–H and O–H groups in total. The fraction of sp³-hybridized carbons (Fsp3) is 0.857. The number of aliphatic hydroxyl groups excluding tert-OH is 1. The lowest BCUT2D eigenvalue weighted by Crippen LogP contribution is -2.41. The highest BCUT2D eigenvalue weighted by Crippen LogP contribution is 2.39. The van der Waals surface area contributed by atoms with Crippen LogP contribution in [0.3, 0.4) is 0 Å². The molecule has 2 fully saturated rings. The Morgan fingerprint density at radius 3 is 2.63 bits per heavy atom. The molecular formula is C14H23N3O2. The first kappa shape index (κ1) is 13.1. The molecule has 1 saturated heterocycles. The van der Waals surface area contributed by atoms with Crippen molar-refractivity contribution < 1.29 is 9.52 Å². The summed E-state index contributed by atoms with van der Waals surface area (Å²) in [6.07, 6.45) is 5.57. The van der Waals surface area contributed by atoms with Crippen molar-refractivity contribution in [3.8, 4) is 0 Å². The van der Waals surface area contributed by atoms with E-state index in [2.05, 4.69) is 22.0 Å². The standard InChI is InChI=1S/C14H23N3O2/c1-2-14(10-18)5-7-17(8-6-14)9-12-15-16-13(19-12)11-3-4-11/h11,18H,2-10H2,1H3. The second-order valence-corrected chi connectivity index (χ2v) is 6.10. The summed E-state index contributed by atoms with van der Waals surface area (Å²) in [6.45, 7) is 5.26. The summed E-state index contributed by atoms with van der Waals surface area (Å²) in [5, 5.41) is 17.8. The van der Waals surface area contributed by atoms with E-state index in [0.29, 0.717) is 12.5 Å². The lowest BCUT2D eigenvalue weighted by molar-refractivity contribution is 0.0353. The maximum Gasteiger partial charge on any atom is 0.230 e. The van der Waals surface area contributed by atoms with E-state index >= 15 is 0 Å². The summed E-state index contributed by atoms with van der Waals surface area (Å²) in [5.41, 5.74) is 0.143. The van der Waals surface area contributed by atoms with Crippen molar-refractivity contribution in [2.75, 3.05) is 19.7 Å². The van der Waals surface area contributed by atoms with E-state index in [4.69, 9.17) is 4.42 Å². The predicted octanol–water partition coefficient (Wildman–Crippen LogP) is 1.93. The van der Waals surface area contributed by atoms with Gasteiger partial charge in [0.1, 0.15) is 0 Å². The first-order chi connectivity index (χ1) is 9.24. The Morgan fingerprint density at radius 1 is 1.32 bits per heavy atom. The SMILES string of the molecule is CCC1(CO)CCN(Cc2nnc(C3CC3)o2)CC1. The van der Waals surface area contributed by atoms with Gasteiger partial charge in [0, 0.05) is 12.5 Å². The van der Waals surface area contributed by atoms with Crippen LogP contribution in [-0.2, 0) is 6.54 Å². The molecule has 0 aromatic carbocycles. The largest absolute Gasteiger partial charge is 0.424 e. The topological polar surface area (TPSA) is 62.4 Å².